The van der Waals surface area contributed by atoms with Gasteiger partial charge in [0.15, 0.2) is 5.17 Å². The average molecular weight is 534 g/mol. The number of ether oxygens (including phenoxy) is 3. The van der Waals surface area contributed by atoms with Crippen LogP contribution in [0.5, 0.6) is 11.5 Å². The van der Waals surface area contributed by atoms with E-state index in [9.17, 15) is 9.59 Å². The number of fused-ring (bicyclic) bond motifs is 1. The number of benzene rings is 2. The summed E-state index contributed by atoms with van der Waals surface area (Å²) in [5.74, 6) is 0.814. The summed E-state index contributed by atoms with van der Waals surface area (Å²) in [5.41, 5.74) is 3.29. The van der Waals surface area contributed by atoms with E-state index in [1.165, 1.54) is 11.8 Å². The number of methoxy groups -OCH3 is 2. The van der Waals surface area contributed by atoms with Crippen molar-refractivity contribution in [3.63, 3.8) is 0 Å². The Labute approximate surface area is 226 Å². The van der Waals surface area contributed by atoms with Crippen molar-refractivity contribution in [3.8, 4) is 11.5 Å². The van der Waals surface area contributed by atoms with Gasteiger partial charge in [-0.15, -0.1) is 0 Å². The molecule has 0 radical (unpaired) electrons. The zero-order valence-electron chi connectivity index (χ0n) is 21.8. The number of aliphatic imine (C=N–C) groups is 1. The number of nitrogens with zero attached hydrogens (tertiary/aromatic N) is 3. The molecule has 0 aromatic heterocycles. The molecule has 198 valence electrons. The Morgan fingerprint density at radius 3 is 2.50 bits per heavy atom. The number of thioether (sulfide) groups is 1. The molecule has 8 nitrogen and oxygen atoms in total. The van der Waals surface area contributed by atoms with Gasteiger partial charge in [-0.3, -0.25) is 4.79 Å². The van der Waals surface area contributed by atoms with E-state index in [2.05, 4.69) is 0 Å². The van der Waals surface area contributed by atoms with Crippen LogP contribution in [0.15, 0.2) is 70.2 Å². The number of carbonyl (C=O) groups is 2. The summed E-state index contributed by atoms with van der Waals surface area (Å²) in [5, 5.41) is 2.66. The van der Waals surface area contributed by atoms with Crippen LogP contribution in [-0.4, -0.2) is 60.8 Å². The van der Waals surface area contributed by atoms with E-state index in [4.69, 9.17) is 19.2 Å². The van der Waals surface area contributed by atoms with Gasteiger partial charge in [-0.2, -0.15) is 0 Å². The van der Waals surface area contributed by atoms with Gasteiger partial charge in [-0.05, 0) is 37.3 Å². The lowest BCUT2D eigenvalue weighted by atomic mass is 9.90. The molecule has 0 saturated carbocycles. The van der Waals surface area contributed by atoms with E-state index >= 15 is 0 Å². The van der Waals surface area contributed by atoms with Crippen molar-refractivity contribution in [2.24, 2.45) is 4.99 Å². The Hall–Kier alpha value is -3.72. The van der Waals surface area contributed by atoms with Crippen molar-refractivity contribution >= 4 is 34.5 Å². The number of amides is 1. The van der Waals surface area contributed by atoms with Crippen LogP contribution in [0.3, 0.4) is 0 Å². The molecular weight excluding hydrogens is 502 g/mol. The van der Waals surface area contributed by atoms with Crippen LogP contribution in [0.4, 0.5) is 0 Å². The number of carbonyl (C=O) groups excluding carboxylic acids is 2. The highest BCUT2D eigenvalue weighted by molar-refractivity contribution is 8.16. The Balaban J connectivity index is 1.67. The van der Waals surface area contributed by atoms with Crippen molar-refractivity contribution in [1.82, 2.24) is 9.80 Å². The lowest BCUT2D eigenvalue weighted by molar-refractivity contribution is -0.139. The first-order valence-electron chi connectivity index (χ1n) is 12.8. The molecule has 1 atom stereocenters. The molecule has 1 unspecified atom stereocenters. The Bertz CT molecular complexity index is 1310. The summed E-state index contributed by atoms with van der Waals surface area (Å²) < 4.78 is 16.8. The van der Waals surface area contributed by atoms with Gasteiger partial charge in [0.25, 0.3) is 0 Å². The van der Waals surface area contributed by atoms with Crippen LogP contribution in [0.1, 0.15) is 43.4 Å². The number of esters is 1. The molecule has 38 heavy (non-hydrogen) atoms. The second-order valence-electron chi connectivity index (χ2n) is 9.12. The molecule has 3 aliphatic rings. The predicted molar refractivity (Wildman–Crippen MR) is 148 cm³/mol. The molecule has 2 aromatic rings. The Morgan fingerprint density at radius 1 is 1.05 bits per heavy atom. The predicted octanol–water partition coefficient (Wildman–Crippen LogP) is 4.99. The molecule has 1 fully saturated rings. The van der Waals surface area contributed by atoms with Crippen LogP contribution in [0, 0.1) is 0 Å². The van der Waals surface area contributed by atoms with E-state index in [1.807, 2.05) is 57.7 Å². The third-order valence-corrected chi connectivity index (χ3v) is 7.77. The standard InChI is InChI=1S/C29H31N3O5S/c1-4-37-28(34)25-26(19-10-6-5-7-11-19)30-29-32(20(18-38-29)16-24(33)31-14-8-9-15-31)27(25)22-13-12-21(35-2)17-23(22)36-3/h5-7,10-13,17-18,27H,4,8-9,14-16H2,1-3H3. The van der Waals surface area contributed by atoms with E-state index in [0.29, 0.717) is 27.9 Å². The molecule has 1 saturated heterocycles. The van der Waals surface area contributed by atoms with Crippen molar-refractivity contribution in [1.29, 1.82) is 0 Å². The zero-order valence-corrected chi connectivity index (χ0v) is 22.6. The van der Waals surface area contributed by atoms with Crippen molar-refractivity contribution in [3.05, 3.63) is 76.3 Å². The first-order valence-corrected chi connectivity index (χ1v) is 13.6. The molecule has 3 aliphatic heterocycles. The highest BCUT2D eigenvalue weighted by atomic mass is 32.2. The summed E-state index contributed by atoms with van der Waals surface area (Å²) in [6.45, 7) is 3.56. The van der Waals surface area contributed by atoms with Crippen LogP contribution >= 0.6 is 11.8 Å². The summed E-state index contributed by atoms with van der Waals surface area (Å²) in [4.78, 5) is 35.7. The normalized spacial score (nSPS) is 18.7. The molecule has 5 rings (SSSR count). The van der Waals surface area contributed by atoms with E-state index in [-0.39, 0.29) is 18.9 Å². The summed E-state index contributed by atoms with van der Waals surface area (Å²) in [7, 11) is 3.19. The Morgan fingerprint density at radius 2 is 1.82 bits per heavy atom. The molecular formula is C29H31N3O5S. The SMILES string of the molecule is CCOC(=O)C1=C(c2ccccc2)N=C2SC=C(CC(=O)N3CCCC3)N2C1c1ccc(OC)cc1OC. The minimum Gasteiger partial charge on any atom is -0.497 e. The minimum atomic E-state index is -0.620. The number of amidine groups is 1. The smallest absolute Gasteiger partial charge is 0.338 e. The van der Waals surface area contributed by atoms with E-state index in [1.54, 1.807) is 27.2 Å². The zero-order chi connectivity index (χ0) is 26.6. The molecule has 0 spiro atoms. The number of hydrogen-bond acceptors (Lipinski definition) is 8. The van der Waals surface area contributed by atoms with Gasteiger partial charge in [0.05, 0.1) is 44.6 Å². The molecule has 1 amide bonds. The quantitative estimate of drug-likeness (QED) is 0.442. The molecule has 0 aliphatic carbocycles. The summed E-state index contributed by atoms with van der Waals surface area (Å²) in [6.07, 6.45) is 2.27. The third kappa shape index (κ3) is 4.90. The lowest BCUT2D eigenvalue weighted by Crippen LogP contribution is -2.38. The van der Waals surface area contributed by atoms with Crippen LogP contribution in [-0.2, 0) is 14.3 Å². The maximum atomic E-state index is 13.7. The Kier molecular flexibility index (Phi) is 7.74. The number of rotatable bonds is 8. The van der Waals surface area contributed by atoms with Gasteiger partial charge in [0.1, 0.15) is 11.5 Å². The van der Waals surface area contributed by atoms with E-state index in [0.717, 1.165) is 42.8 Å². The highest BCUT2D eigenvalue weighted by Gasteiger charge is 2.43. The first-order chi connectivity index (χ1) is 18.5. The lowest BCUT2D eigenvalue weighted by Gasteiger charge is -2.37. The van der Waals surface area contributed by atoms with Crippen molar-refractivity contribution in [2.45, 2.75) is 32.2 Å². The van der Waals surface area contributed by atoms with Crippen LogP contribution < -0.4 is 9.47 Å². The molecule has 0 N–H and O–H groups in total. The molecule has 9 heteroatoms. The van der Waals surface area contributed by atoms with Gasteiger partial charge in [0.2, 0.25) is 5.91 Å². The van der Waals surface area contributed by atoms with Crippen LogP contribution in [0.25, 0.3) is 5.70 Å². The van der Waals surface area contributed by atoms with Crippen LogP contribution in [0.2, 0.25) is 0 Å². The summed E-state index contributed by atoms with van der Waals surface area (Å²) in [6, 6.07) is 14.5. The summed E-state index contributed by atoms with van der Waals surface area (Å²) >= 11 is 1.46. The average Bonchev–Trinajstić information content (AvgIpc) is 3.63. The number of hydrogen-bond donors (Lipinski definition) is 0. The van der Waals surface area contributed by atoms with Gasteiger partial charge in [-0.25, -0.2) is 9.79 Å². The van der Waals surface area contributed by atoms with E-state index < -0.39 is 12.0 Å². The van der Waals surface area contributed by atoms with Crippen molar-refractivity contribution in [2.75, 3.05) is 33.9 Å². The van der Waals surface area contributed by atoms with Gasteiger partial charge in [0, 0.05) is 36.0 Å². The maximum absolute atomic E-state index is 13.7. The largest absolute Gasteiger partial charge is 0.497 e. The van der Waals surface area contributed by atoms with Gasteiger partial charge < -0.3 is 24.0 Å². The third-order valence-electron chi connectivity index (χ3n) is 6.88. The first kappa shape index (κ1) is 25.9. The topological polar surface area (TPSA) is 80.7 Å². The molecule has 2 aromatic carbocycles. The van der Waals surface area contributed by atoms with Gasteiger partial charge in [-0.1, -0.05) is 42.1 Å². The second kappa shape index (κ2) is 11.3. The van der Waals surface area contributed by atoms with Gasteiger partial charge >= 0.3 is 5.97 Å². The fraction of sp³-hybridized carbons (Fsp3) is 0.345. The highest BCUT2D eigenvalue weighted by Crippen LogP contribution is 2.49. The second-order valence-corrected chi connectivity index (χ2v) is 9.95. The molecule has 3 heterocycles. The minimum absolute atomic E-state index is 0.0755. The molecule has 0 bridgehead atoms. The monoisotopic (exact) mass is 533 g/mol. The fourth-order valence-corrected chi connectivity index (χ4v) is 5.98. The fourth-order valence-electron chi connectivity index (χ4n) is 5.06. The number of likely N-dealkylation sites (tertiary alicyclic amines) is 1. The van der Waals surface area contributed by atoms with Crippen molar-refractivity contribution < 1.29 is 23.8 Å². The maximum Gasteiger partial charge on any atom is 0.338 e.